The zero-order valence-electron chi connectivity index (χ0n) is 12.8. The van der Waals surface area contributed by atoms with Crippen LogP contribution in [0.4, 0.5) is 5.82 Å². The van der Waals surface area contributed by atoms with Gasteiger partial charge < -0.3 is 9.64 Å². The molecule has 4 heterocycles. The molecule has 118 valence electrons. The third kappa shape index (κ3) is 2.79. The predicted molar refractivity (Wildman–Crippen MR) is 83.4 cm³/mol. The number of anilines is 1. The van der Waals surface area contributed by atoms with E-state index in [0.29, 0.717) is 11.7 Å². The highest BCUT2D eigenvalue weighted by Crippen LogP contribution is 2.22. The van der Waals surface area contributed by atoms with Crippen LogP contribution < -0.4 is 9.64 Å². The average Bonchev–Trinajstić information content (AvgIpc) is 3.04. The smallest absolute Gasteiger partial charge is 0.254 e. The normalized spacial score (nSPS) is 16.0. The van der Waals surface area contributed by atoms with Crippen molar-refractivity contribution in [2.45, 2.75) is 25.9 Å². The molecule has 0 amide bonds. The highest BCUT2D eigenvalue weighted by atomic mass is 16.5. The minimum Gasteiger partial charge on any atom is -0.473 e. The van der Waals surface area contributed by atoms with Crippen LogP contribution in [0.3, 0.4) is 0 Å². The van der Waals surface area contributed by atoms with E-state index in [1.165, 1.54) is 6.33 Å². The molecule has 0 N–H and O–H groups in total. The Morgan fingerprint density at radius 3 is 2.83 bits per heavy atom. The summed E-state index contributed by atoms with van der Waals surface area (Å²) in [5, 5.41) is 4.27. The number of aryl methyl sites for hydroxylation is 1. The van der Waals surface area contributed by atoms with Crippen molar-refractivity contribution in [1.82, 2.24) is 29.5 Å². The van der Waals surface area contributed by atoms with Crippen LogP contribution in [0.1, 0.15) is 18.5 Å². The van der Waals surface area contributed by atoms with Crippen LogP contribution in [0.5, 0.6) is 5.88 Å². The Balaban J connectivity index is 1.47. The van der Waals surface area contributed by atoms with Crippen LogP contribution in [-0.2, 0) is 0 Å². The van der Waals surface area contributed by atoms with Gasteiger partial charge in [0.15, 0.2) is 0 Å². The van der Waals surface area contributed by atoms with E-state index in [0.717, 1.165) is 37.4 Å². The fourth-order valence-electron chi connectivity index (χ4n) is 2.86. The van der Waals surface area contributed by atoms with E-state index in [1.807, 2.05) is 13.0 Å². The molecular weight excluding hydrogens is 294 g/mol. The first-order valence-corrected chi connectivity index (χ1v) is 7.64. The monoisotopic (exact) mass is 311 g/mol. The van der Waals surface area contributed by atoms with Crippen molar-refractivity contribution < 1.29 is 4.74 Å². The van der Waals surface area contributed by atoms with Gasteiger partial charge >= 0.3 is 0 Å². The molecule has 0 spiro atoms. The first-order valence-electron chi connectivity index (χ1n) is 7.64. The first-order chi connectivity index (χ1) is 11.3. The maximum absolute atomic E-state index is 5.89. The van der Waals surface area contributed by atoms with Crippen molar-refractivity contribution >= 4 is 11.6 Å². The summed E-state index contributed by atoms with van der Waals surface area (Å²) in [6.07, 6.45) is 8.49. The van der Waals surface area contributed by atoms with Gasteiger partial charge in [0.25, 0.3) is 5.78 Å². The fraction of sp³-hybridized carbons (Fsp3) is 0.400. The van der Waals surface area contributed by atoms with Crippen LogP contribution in [0, 0.1) is 6.92 Å². The molecule has 0 aromatic carbocycles. The summed E-state index contributed by atoms with van der Waals surface area (Å²) in [7, 11) is 0. The van der Waals surface area contributed by atoms with Gasteiger partial charge in [-0.2, -0.15) is 14.6 Å². The molecule has 0 bridgehead atoms. The molecule has 8 nitrogen and oxygen atoms in total. The van der Waals surface area contributed by atoms with Gasteiger partial charge in [0, 0.05) is 50.1 Å². The molecule has 1 saturated heterocycles. The topological polar surface area (TPSA) is 81.3 Å². The number of ether oxygens (including phenoxy) is 1. The lowest BCUT2D eigenvalue weighted by molar-refractivity contribution is 0.163. The summed E-state index contributed by atoms with van der Waals surface area (Å²) < 4.78 is 7.68. The molecule has 23 heavy (non-hydrogen) atoms. The van der Waals surface area contributed by atoms with E-state index < -0.39 is 0 Å². The number of fused-ring (bicyclic) bond motifs is 1. The van der Waals surface area contributed by atoms with E-state index >= 15 is 0 Å². The highest BCUT2D eigenvalue weighted by molar-refractivity contribution is 5.47. The van der Waals surface area contributed by atoms with Crippen molar-refractivity contribution in [3.05, 3.63) is 36.7 Å². The quantitative estimate of drug-likeness (QED) is 0.720. The van der Waals surface area contributed by atoms with E-state index in [2.05, 4.69) is 29.9 Å². The number of nitrogens with zero attached hydrogens (tertiary/aromatic N) is 7. The Kier molecular flexibility index (Phi) is 3.49. The Labute approximate surface area is 133 Å². The second-order valence-corrected chi connectivity index (χ2v) is 5.58. The highest BCUT2D eigenvalue weighted by Gasteiger charge is 2.23. The molecular formula is C15H17N7O. The number of rotatable bonds is 3. The molecule has 4 rings (SSSR count). The number of hydrogen-bond acceptors (Lipinski definition) is 7. The number of aromatic nitrogens is 6. The number of hydrogen-bond donors (Lipinski definition) is 0. The molecule has 1 fully saturated rings. The lowest BCUT2D eigenvalue weighted by atomic mass is 10.1. The summed E-state index contributed by atoms with van der Waals surface area (Å²) >= 11 is 0. The van der Waals surface area contributed by atoms with Crippen LogP contribution in [0.2, 0.25) is 0 Å². The van der Waals surface area contributed by atoms with E-state index in [4.69, 9.17) is 4.74 Å². The Hall–Kier alpha value is -2.77. The molecule has 0 unspecified atom stereocenters. The van der Waals surface area contributed by atoms with E-state index in [9.17, 15) is 0 Å². The van der Waals surface area contributed by atoms with Crippen LogP contribution in [-0.4, -0.2) is 48.7 Å². The van der Waals surface area contributed by atoms with Gasteiger partial charge in [-0.25, -0.2) is 9.97 Å². The van der Waals surface area contributed by atoms with Gasteiger partial charge in [-0.05, 0) is 6.92 Å². The minimum absolute atomic E-state index is 0.164. The van der Waals surface area contributed by atoms with Crippen molar-refractivity contribution in [3.63, 3.8) is 0 Å². The number of piperidine rings is 1. The van der Waals surface area contributed by atoms with Gasteiger partial charge in [0.05, 0.1) is 6.20 Å². The Morgan fingerprint density at radius 2 is 2.04 bits per heavy atom. The van der Waals surface area contributed by atoms with Crippen LogP contribution >= 0.6 is 0 Å². The molecule has 3 aromatic heterocycles. The third-order valence-corrected chi connectivity index (χ3v) is 3.95. The zero-order chi connectivity index (χ0) is 15.6. The molecule has 3 aromatic rings. The Bertz CT molecular complexity index is 796. The lowest BCUT2D eigenvalue weighted by Gasteiger charge is -2.33. The van der Waals surface area contributed by atoms with Crippen molar-refractivity contribution in [2.75, 3.05) is 18.0 Å². The molecule has 1 aliphatic rings. The van der Waals surface area contributed by atoms with Gasteiger partial charge in [0.2, 0.25) is 5.88 Å². The summed E-state index contributed by atoms with van der Waals surface area (Å²) in [6, 6.07) is 2.05. The molecule has 0 saturated carbocycles. The fourth-order valence-corrected chi connectivity index (χ4v) is 2.86. The van der Waals surface area contributed by atoms with Crippen LogP contribution in [0.15, 0.2) is 31.0 Å². The largest absolute Gasteiger partial charge is 0.473 e. The van der Waals surface area contributed by atoms with Gasteiger partial charge in [-0.1, -0.05) is 0 Å². The zero-order valence-corrected chi connectivity index (χ0v) is 12.8. The summed E-state index contributed by atoms with van der Waals surface area (Å²) in [5.41, 5.74) is 0.943. The molecule has 8 heteroatoms. The second-order valence-electron chi connectivity index (χ2n) is 5.58. The van der Waals surface area contributed by atoms with Crippen molar-refractivity contribution in [1.29, 1.82) is 0 Å². The SMILES string of the molecule is Cc1cc(N2CCC(Oc3cnccn3)CC2)n2ncnc2n1. The van der Waals surface area contributed by atoms with Crippen LogP contribution in [0.25, 0.3) is 5.78 Å². The van der Waals surface area contributed by atoms with Gasteiger partial charge in [-0.15, -0.1) is 0 Å². The first kappa shape index (κ1) is 13.9. The summed E-state index contributed by atoms with van der Waals surface area (Å²) in [5.74, 6) is 2.25. The van der Waals surface area contributed by atoms with E-state index in [-0.39, 0.29) is 6.10 Å². The molecule has 0 aliphatic carbocycles. The second kappa shape index (κ2) is 5.79. The average molecular weight is 311 g/mol. The van der Waals surface area contributed by atoms with Crippen molar-refractivity contribution in [3.8, 4) is 5.88 Å². The molecule has 0 atom stereocenters. The summed E-state index contributed by atoms with van der Waals surface area (Å²) in [6.45, 7) is 3.76. The molecule has 1 aliphatic heterocycles. The summed E-state index contributed by atoms with van der Waals surface area (Å²) in [4.78, 5) is 19.1. The predicted octanol–water partition coefficient (Wildman–Crippen LogP) is 1.27. The Morgan fingerprint density at radius 1 is 1.17 bits per heavy atom. The third-order valence-electron chi connectivity index (χ3n) is 3.95. The molecule has 0 radical (unpaired) electrons. The maximum Gasteiger partial charge on any atom is 0.254 e. The standard InChI is InChI=1S/C15H17N7O/c1-11-8-14(22-15(20-11)18-10-19-22)21-6-2-12(3-7-21)23-13-9-16-4-5-17-13/h4-5,8-10,12H,2-3,6-7H2,1H3. The van der Waals surface area contributed by atoms with E-state index in [1.54, 1.807) is 23.1 Å². The minimum atomic E-state index is 0.164. The van der Waals surface area contributed by atoms with Gasteiger partial charge in [0.1, 0.15) is 18.2 Å². The van der Waals surface area contributed by atoms with Gasteiger partial charge in [-0.3, -0.25) is 4.98 Å². The maximum atomic E-state index is 5.89. The lowest BCUT2D eigenvalue weighted by Crippen LogP contribution is -2.39. The van der Waals surface area contributed by atoms with Crippen molar-refractivity contribution in [2.24, 2.45) is 0 Å².